The number of hydrogen-bond acceptors (Lipinski definition) is 3. The van der Waals surface area contributed by atoms with E-state index in [1.807, 2.05) is 36.5 Å². The van der Waals surface area contributed by atoms with Crippen LogP contribution in [0.3, 0.4) is 0 Å². The maximum Gasteiger partial charge on any atom is 0.252 e. The number of fused-ring (bicyclic) bond motifs is 1. The van der Waals surface area contributed by atoms with Crippen LogP contribution in [0.2, 0.25) is 0 Å². The minimum Gasteiger partial charge on any atom is -0.384 e. The lowest BCUT2D eigenvalue weighted by atomic mass is 10.1. The molecule has 0 aliphatic heterocycles. The first-order valence-electron chi connectivity index (χ1n) is 6.97. The third kappa shape index (κ3) is 2.79. The van der Waals surface area contributed by atoms with E-state index >= 15 is 0 Å². The van der Waals surface area contributed by atoms with Gasteiger partial charge in [0.15, 0.2) is 0 Å². The number of aryl methyl sites for hydroxylation is 1. The van der Waals surface area contributed by atoms with Gasteiger partial charge in [0.05, 0.1) is 5.52 Å². The topological polar surface area (TPSA) is 46.9 Å². The molecule has 0 fully saturated rings. The lowest BCUT2D eigenvalue weighted by Gasteiger charge is -2.12. The molecule has 0 saturated heterocycles. The SMILES string of the molecule is Cn1c(=O)cc(NCCc2cccnc2)c2ccccc21. The van der Waals surface area contributed by atoms with Crippen LogP contribution in [0.1, 0.15) is 5.56 Å². The van der Waals surface area contributed by atoms with Crippen LogP contribution < -0.4 is 10.9 Å². The predicted molar refractivity (Wildman–Crippen MR) is 85.6 cm³/mol. The second kappa shape index (κ2) is 5.79. The molecule has 21 heavy (non-hydrogen) atoms. The van der Waals surface area contributed by atoms with Crippen LogP contribution in [0, 0.1) is 0 Å². The number of anilines is 1. The van der Waals surface area contributed by atoms with Gasteiger partial charge >= 0.3 is 0 Å². The summed E-state index contributed by atoms with van der Waals surface area (Å²) in [6.07, 6.45) is 4.51. The molecular weight excluding hydrogens is 262 g/mol. The molecule has 0 aliphatic carbocycles. The Bertz CT molecular complexity index is 809. The summed E-state index contributed by atoms with van der Waals surface area (Å²) < 4.78 is 1.67. The lowest BCUT2D eigenvalue weighted by Crippen LogP contribution is -2.18. The summed E-state index contributed by atoms with van der Waals surface area (Å²) >= 11 is 0. The van der Waals surface area contributed by atoms with E-state index in [2.05, 4.69) is 16.4 Å². The van der Waals surface area contributed by atoms with Gasteiger partial charge in [-0.25, -0.2) is 0 Å². The van der Waals surface area contributed by atoms with Crippen LogP contribution in [0.25, 0.3) is 10.9 Å². The van der Waals surface area contributed by atoms with Crippen LogP contribution in [0.5, 0.6) is 0 Å². The summed E-state index contributed by atoms with van der Waals surface area (Å²) in [5, 5.41) is 4.42. The monoisotopic (exact) mass is 279 g/mol. The van der Waals surface area contributed by atoms with E-state index in [1.165, 1.54) is 5.56 Å². The predicted octanol–water partition coefficient (Wildman–Crippen LogP) is 2.59. The van der Waals surface area contributed by atoms with Crippen molar-refractivity contribution in [3.8, 4) is 0 Å². The first kappa shape index (κ1) is 13.4. The molecule has 106 valence electrons. The Labute approximate surface area is 123 Å². The van der Waals surface area contributed by atoms with Gasteiger partial charge in [-0.2, -0.15) is 0 Å². The zero-order chi connectivity index (χ0) is 14.7. The number of benzene rings is 1. The van der Waals surface area contributed by atoms with E-state index in [0.29, 0.717) is 0 Å². The fraction of sp³-hybridized carbons (Fsp3) is 0.176. The summed E-state index contributed by atoms with van der Waals surface area (Å²) in [6.45, 7) is 0.767. The van der Waals surface area contributed by atoms with E-state index in [4.69, 9.17) is 0 Å². The van der Waals surface area contributed by atoms with Gasteiger partial charge in [0.25, 0.3) is 5.56 Å². The molecule has 2 aromatic heterocycles. The molecule has 4 nitrogen and oxygen atoms in total. The number of nitrogens with one attached hydrogen (secondary N) is 1. The highest BCUT2D eigenvalue weighted by Crippen LogP contribution is 2.20. The molecule has 0 aliphatic rings. The third-order valence-corrected chi connectivity index (χ3v) is 3.61. The van der Waals surface area contributed by atoms with Crippen molar-refractivity contribution in [3.05, 3.63) is 70.8 Å². The molecule has 0 unspecified atom stereocenters. The third-order valence-electron chi connectivity index (χ3n) is 3.61. The van der Waals surface area contributed by atoms with Crippen LogP contribution in [-0.2, 0) is 13.5 Å². The largest absolute Gasteiger partial charge is 0.384 e. The van der Waals surface area contributed by atoms with Crippen molar-refractivity contribution in [2.45, 2.75) is 6.42 Å². The van der Waals surface area contributed by atoms with Gasteiger partial charge in [-0.1, -0.05) is 24.3 Å². The molecule has 1 aromatic carbocycles. The fourth-order valence-electron chi connectivity index (χ4n) is 2.44. The van der Waals surface area contributed by atoms with Crippen LogP contribution in [-0.4, -0.2) is 16.1 Å². The van der Waals surface area contributed by atoms with Gasteiger partial charge in [0, 0.05) is 43.1 Å². The summed E-state index contributed by atoms with van der Waals surface area (Å²) in [5.74, 6) is 0. The number of rotatable bonds is 4. The Kier molecular flexibility index (Phi) is 3.69. The number of aromatic nitrogens is 2. The van der Waals surface area contributed by atoms with Gasteiger partial charge in [-0.15, -0.1) is 0 Å². The van der Waals surface area contributed by atoms with Gasteiger partial charge < -0.3 is 9.88 Å². The second-order valence-electron chi connectivity index (χ2n) is 5.01. The normalized spacial score (nSPS) is 10.7. The van der Waals surface area contributed by atoms with E-state index in [-0.39, 0.29) is 5.56 Å². The Morgan fingerprint density at radius 3 is 2.86 bits per heavy atom. The molecule has 4 heteroatoms. The molecule has 3 rings (SSSR count). The molecule has 0 amide bonds. The van der Waals surface area contributed by atoms with Crippen LogP contribution in [0.15, 0.2) is 59.7 Å². The molecule has 2 heterocycles. The zero-order valence-corrected chi connectivity index (χ0v) is 11.9. The number of para-hydroxylation sites is 1. The van der Waals surface area contributed by atoms with Crippen molar-refractivity contribution < 1.29 is 0 Å². The van der Waals surface area contributed by atoms with Crippen molar-refractivity contribution in [1.29, 1.82) is 0 Å². The van der Waals surface area contributed by atoms with Crippen LogP contribution in [0.4, 0.5) is 5.69 Å². The first-order valence-corrected chi connectivity index (χ1v) is 6.97. The van der Waals surface area contributed by atoms with E-state index in [1.54, 1.807) is 23.9 Å². The Hall–Kier alpha value is -2.62. The van der Waals surface area contributed by atoms with Crippen molar-refractivity contribution in [3.63, 3.8) is 0 Å². The summed E-state index contributed by atoms with van der Waals surface area (Å²) in [4.78, 5) is 16.1. The van der Waals surface area contributed by atoms with Crippen molar-refractivity contribution in [2.24, 2.45) is 7.05 Å². The molecule has 0 saturated carbocycles. The molecule has 1 N–H and O–H groups in total. The summed E-state index contributed by atoms with van der Waals surface area (Å²) in [5.41, 5.74) is 3.00. The quantitative estimate of drug-likeness (QED) is 0.798. The lowest BCUT2D eigenvalue weighted by molar-refractivity contribution is 0.904. The molecule has 0 radical (unpaired) electrons. The molecule has 0 atom stereocenters. The van der Waals surface area contributed by atoms with Gasteiger partial charge in [0.2, 0.25) is 0 Å². The van der Waals surface area contributed by atoms with Crippen molar-refractivity contribution >= 4 is 16.6 Å². The average Bonchev–Trinajstić information content (AvgIpc) is 2.53. The van der Waals surface area contributed by atoms with Gasteiger partial charge in [-0.05, 0) is 24.1 Å². The van der Waals surface area contributed by atoms with Crippen molar-refractivity contribution in [1.82, 2.24) is 9.55 Å². The smallest absolute Gasteiger partial charge is 0.252 e. The van der Waals surface area contributed by atoms with Crippen LogP contribution >= 0.6 is 0 Å². The minimum atomic E-state index is -0.00224. The zero-order valence-electron chi connectivity index (χ0n) is 11.9. The maximum absolute atomic E-state index is 12.0. The fourth-order valence-corrected chi connectivity index (χ4v) is 2.44. The highest BCUT2D eigenvalue weighted by Gasteiger charge is 2.05. The minimum absolute atomic E-state index is 0.00224. The first-order chi connectivity index (χ1) is 10.3. The Morgan fingerprint density at radius 2 is 2.05 bits per heavy atom. The van der Waals surface area contributed by atoms with E-state index in [9.17, 15) is 4.79 Å². The standard InChI is InChI=1S/C17H17N3O/c1-20-16-7-3-2-6-14(16)15(11-17(20)21)19-10-8-13-5-4-9-18-12-13/h2-7,9,11-12,19H,8,10H2,1H3. The number of pyridine rings is 2. The summed E-state index contributed by atoms with van der Waals surface area (Å²) in [6, 6.07) is 13.6. The van der Waals surface area contributed by atoms with E-state index < -0.39 is 0 Å². The Balaban J connectivity index is 1.84. The second-order valence-corrected chi connectivity index (χ2v) is 5.01. The molecule has 3 aromatic rings. The number of nitrogens with zero attached hydrogens (tertiary/aromatic N) is 2. The average molecular weight is 279 g/mol. The molecule has 0 bridgehead atoms. The highest BCUT2D eigenvalue weighted by molar-refractivity contribution is 5.91. The number of hydrogen-bond donors (Lipinski definition) is 1. The van der Waals surface area contributed by atoms with Gasteiger partial charge in [-0.3, -0.25) is 9.78 Å². The highest BCUT2D eigenvalue weighted by atomic mass is 16.1. The summed E-state index contributed by atoms with van der Waals surface area (Å²) in [7, 11) is 1.80. The van der Waals surface area contributed by atoms with Gasteiger partial charge in [0.1, 0.15) is 0 Å². The molecular formula is C17H17N3O. The van der Waals surface area contributed by atoms with E-state index in [0.717, 1.165) is 29.6 Å². The Morgan fingerprint density at radius 1 is 1.19 bits per heavy atom. The molecule has 0 spiro atoms. The maximum atomic E-state index is 12.0. The van der Waals surface area contributed by atoms with Crippen molar-refractivity contribution in [2.75, 3.05) is 11.9 Å².